The van der Waals surface area contributed by atoms with Crippen molar-refractivity contribution in [1.82, 2.24) is 4.98 Å². The van der Waals surface area contributed by atoms with Crippen LogP contribution in [0.25, 0.3) is 0 Å². The normalized spacial score (nSPS) is 11.6. The molecule has 1 rings (SSSR count). The van der Waals surface area contributed by atoms with Gasteiger partial charge in [-0.25, -0.2) is 4.98 Å². The maximum Gasteiger partial charge on any atom is 0.0818 e. The highest BCUT2D eigenvalue weighted by Crippen LogP contribution is 2.01. The van der Waals surface area contributed by atoms with Crippen molar-refractivity contribution in [2.75, 3.05) is 14.1 Å². The summed E-state index contributed by atoms with van der Waals surface area (Å²) in [6.07, 6.45) is 3.47. The van der Waals surface area contributed by atoms with Crippen LogP contribution < -0.4 is 0 Å². The van der Waals surface area contributed by atoms with Gasteiger partial charge < -0.3 is 0 Å². The molecule has 0 aliphatic carbocycles. The average molecular weight is 175 g/mol. The number of rotatable bonds is 2. The molecule has 1 aromatic rings. The Kier molecular flexibility index (Phi) is 3.31. The molecule has 0 saturated carbocycles. The number of pyridine rings is 1. The van der Waals surface area contributed by atoms with E-state index in [2.05, 4.69) is 15.0 Å². The monoisotopic (exact) mass is 175 g/mol. The molecule has 0 atom stereocenters. The molecule has 0 aliphatic heterocycles. The Morgan fingerprint density at radius 3 is 1.92 bits per heavy atom. The van der Waals surface area contributed by atoms with Crippen molar-refractivity contribution in [2.24, 2.45) is 9.98 Å². The van der Waals surface area contributed by atoms with Crippen LogP contribution in [-0.2, 0) is 0 Å². The van der Waals surface area contributed by atoms with Gasteiger partial charge in [0.15, 0.2) is 0 Å². The van der Waals surface area contributed by atoms with Gasteiger partial charge in [0.05, 0.1) is 11.4 Å². The van der Waals surface area contributed by atoms with E-state index in [-0.39, 0.29) is 0 Å². The van der Waals surface area contributed by atoms with Crippen LogP contribution in [0.15, 0.2) is 22.1 Å². The summed E-state index contributed by atoms with van der Waals surface area (Å²) < 4.78 is 0. The number of hydrogen-bond acceptors (Lipinski definition) is 3. The van der Waals surface area contributed by atoms with Crippen LogP contribution in [0.3, 0.4) is 0 Å². The molecule has 1 heterocycles. The Morgan fingerprint density at radius 1 is 1.08 bits per heavy atom. The fraction of sp³-hybridized carbons (Fsp3) is 0.300. The first-order valence-electron chi connectivity index (χ1n) is 4.09. The van der Waals surface area contributed by atoms with E-state index in [1.807, 2.05) is 19.1 Å². The molecule has 0 aromatic carbocycles. The largest absolute Gasteiger partial charge is 0.294 e. The van der Waals surface area contributed by atoms with E-state index in [0.29, 0.717) is 0 Å². The highest BCUT2D eigenvalue weighted by atomic mass is 14.8. The molecule has 0 aliphatic rings. The van der Waals surface area contributed by atoms with Gasteiger partial charge in [-0.1, -0.05) is 0 Å². The predicted molar refractivity (Wildman–Crippen MR) is 56.0 cm³/mol. The zero-order valence-electron chi connectivity index (χ0n) is 8.15. The Morgan fingerprint density at radius 2 is 1.54 bits per heavy atom. The lowest BCUT2D eigenvalue weighted by Crippen LogP contribution is -1.95. The van der Waals surface area contributed by atoms with Gasteiger partial charge in [-0.2, -0.15) is 0 Å². The first kappa shape index (κ1) is 9.58. The number of aromatic nitrogens is 1. The van der Waals surface area contributed by atoms with Gasteiger partial charge in [0, 0.05) is 26.5 Å². The third kappa shape index (κ3) is 2.78. The average Bonchev–Trinajstić information content (AvgIpc) is 2.04. The molecule has 0 fully saturated rings. The van der Waals surface area contributed by atoms with Gasteiger partial charge in [0.25, 0.3) is 0 Å². The van der Waals surface area contributed by atoms with Crippen LogP contribution in [0.5, 0.6) is 0 Å². The van der Waals surface area contributed by atoms with Gasteiger partial charge in [-0.3, -0.25) is 9.98 Å². The minimum atomic E-state index is 0.873. The zero-order chi connectivity index (χ0) is 9.68. The molecule has 0 unspecified atom stereocenters. The molecule has 0 radical (unpaired) electrons. The van der Waals surface area contributed by atoms with Crippen LogP contribution in [0.2, 0.25) is 0 Å². The summed E-state index contributed by atoms with van der Waals surface area (Å²) in [6, 6.07) is 3.97. The second kappa shape index (κ2) is 4.50. The van der Waals surface area contributed by atoms with E-state index in [1.165, 1.54) is 5.56 Å². The molecule has 68 valence electrons. The van der Waals surface area contributed by atoms with Gasteiger partial charge in [0.2, 0.25) is 0 Å². The molecular weight excluding hydrogens is 162 g/mol. The molecule has 0 spiro atoms. The first-order valence-corrected chi connectivity index (χ1v) is 4.09. The summed E-state index contributed by atoms with van der Waals surface area (Å²) >= 11 is 0. The molecule has 0 saturated heterocycles. The minimum Gasteiger partial charge on any atom is -0.294 e. The molecule has 3 nitrogen and oxygen atoms in total. The number of nitrogens with zero attached hydrogens (tertiary/aromatic N) is 3. The zero-order valence-corrected chi connectivity index (χ0v) is 8.15. The van der Waals surface area contributed by atoms with E-state index < -0.39 is 0 Å². The third-order valence-electron chi connectivity index (χ3n) is 1.53. The lowest BCUT2D eigenvalue weighted by atomic mass is 10.2. The fourth-order valence-electron chi connectivity index (χ4n) is 1.12. The van der Waals surface area contributed by atoms with Crippen molar-refractivity contribution in [1.29, 1.82) is 0 Å². The Hall–Kier alpha value is -1.51. The van der Waals surface area contributed by atoms with Crippen LogP contribution >= 0.6 is 0 Å². The number of hydrogen-bond donors (Lipinski definition) is 0. The smallest absolute Gasteiger partial charge is 0.0818 e. The molecule has 0 bridgehead atoms. The lowest BCUT2D eigenvalue weighted by Gasteiger charge is -1.98. The SMILES string of the molecule is CN=Cc1cc(C)cc(C=NC)n1. The Labute approximate surface area is 78.3 Å². The highest BCUT2D eigenvalue weighted by Gasteiger charge is 1.95. The summed E-state index contributed by atoms with van der Waals surface area (Å²) in [6.45, 7) is 2.03. The van der Waals surface area contributed by atoms with Crippen molar-refractivity contribution in [2.45, 2.75) is 6.92 Å². The standard InChI is InChI=1S/C10H13N3/c1-8-4-9(6-11-2)13-10(5-8)7-12-3/h4-7H,1-3H3. The summed E-state index contributed by atoms with van der Waals surface area (Å²) in [5.41, 5.74) is 2.91. The first-order chi connectivity index (χ1) is 6.26. The number of aliphatic imine (C=N–C) groups is 2. The van der Waals surface area contributed by atoms with Gasteiger partial charge in [-0.15, -0.1) is 0 Å². The van der Waals surface area contributed by atoms with Crippen molar-refractivity contribution in [3.8, 4) is 0 Å². The van der Waals surface area contributed by atoms with Crippen LogP contribution in [0.4, 0.5) is 0 Å². The molecular formula is C10H13N3. The van der Waals surface area contributed by atoms with E-state index in [0.717, 1.165) is 11.4 Å². The quantitative estimate of drug-likeness (QED) is 0.627. The van der Waals surface area contributed by atoms with Crippen LogP contribution in [-0.4, -0.2) is 31.5 Å². The summed E-state index contributed by atoms with van der Waals surface area (Å²) in [4.78, 5) is 12.1. The van der Waals surface area contributed by atoms with E-state index in [4.69, 9.17) is 0 Å². The second-order valence-corrected chi connectivity index (χ2v) is 2.77. The van der Waals surface area contributed by atoms with Crippen molar-refractivity contribution >= 4 is 12.4 Å². The topological polar surface area (TPSA) is 37.6 Å². The highest BCUT2D eigenvalue weighted by molar-refractivity contribution is 5.82. The van der Waals surface area contributed by atoms with Gasteiger partial charge >= 0.3 is 0 Å². The second-order valence-electron chi connectivity index (χ2n) is 2.77. The third-order valence-corrected chi connectivity index (χ3v) is 1.53. The number of aryl methyl sites for hydroxylation is 1. The summed E-state index contributed by atoms with van der Waals surface area (Å²) in [7, 11) is 3.47. The Bertz CT molecular complexity index is 310. The van der Waals surface area contributed by atoms with Gasteiger partial charge in [-0.05, 0) is 24.6 Å². The van der Waals surface area contributed by atoms with Crippen molar-refractivity contribution in [3.63, 3.8) is 0 Å². The Balaban J connectivity index is 3.10. The van der Waals surface area contributed by atoms with Crippen molar-refractivity contribution < 1.29 is 0 Å². The maximum atomic E-state index is 4.31. The molecule has 3 heteroatoms. The van der Waals surface area contributed by atoms with Crippen LogP contribution in [0, 0.1) is 6.92 Å². The van der Waals surface area contributed by atoms with E-state index in [9.17, 15) is 0 Å². The molecule has 0 amide bonds. The lowest BCUT2D eigenvalue weighted by molar-refractivity contribution is 1.23. The molecule has 13 heavy (non-hydrogen) atoms. The van der Waals surface area contributed by atoms with Crippen molar-refractivity contribution in [3.05, 3.63) is 29.1 Å². The summed E-state index contributed by atoms with van der Waals surface area (Å²) in [5.74, 6) is 0. The summed E-state index contributed by atoms with van der Waals surface area (Å²) in [5, 5.41) is 0. The molecule has 0 N–H and O–H groups in total. The van der Waals surface area contributed by atoms with Crippen LogP contribution in [0.1, 0.15) is 17.0 Å². The molecule has 1 aromatic heterocycles. The minimum absolute atomic E-state index is 0.873. The fourth-order valence-corrected chi connectivity index (χ4v) is 1.12. The maximum absolute atomic E-state index is 4.31. The van der Waals surface area contributed by atoms with E-state index >= 15 is 0 Å². The van der Waals surface area contributed by atoms with Gasteiger partial charge in [0.1, 0.15) is 0 Å². The van der Waals surface area contributed by atoms with E-state index in [1.54, 1.807) is 26.5 Å². The predicted octanol–water partition coefficient (Wildman–Crippen LogP) is 1.49.